The van der Waals surface area contributed by atoms with Crippen LogP contribution >= 0.6 is 0 Å². The first-order valence-corrected chi connectivity index (χ1v) is 14.0. The Labute approximate surface area is 226 Å². The zero-order valence-corrected chi connectivity index (χ0v) is 23.4. The average Bonchev–Trinajstić information content (AvgIpc) is 3.18. The summed E-state index contributed by atoms with van der Waals surface area (Å²) in [5.41, 5.74) is 1.53. The summed E-state index contributed by atoms with van der Waals surface area (Å²) in [5.74, 6) is 1.23. The standard InChI is InChI=1S/C25H42N2O3.C4H4O4/c1-24-10-8-18(27-30-13-5-12-26-3)15-22(24)17(16-29-4)14-19-20-6-7-23(28)25(20,2)11-9-21(19)24;5-3(6)1-2-4(7)8/h17,19-22,26H,5-16H2,1-4H3;1-2H,(H,5,6)(H,7,8)/b27-18+;2-1+/t17-,19+,20+,21+,22-,24-,25+;/m1./s1. The van der Waals surface area contributed by atoms with Gasteiger partial charge >= 0.3 is 11.9 Å². The molecule has 0 aromatic rings. The van der Waals surface area contributed by atoms with Crippen molar-refractivity contribution in [1.82, 2.24) is 5.32 Å². The van der Waals surface area contributed by atoms with E-state index in [4.69, 9.17) is 19.8 Å². The number of carboxylic acids is 2. The highest BCUT2D eigenvalue weighted by molar-refractivity contribution is 5.89. The number of nitrogens with one attached hydrogen (secondary N) is 1. The van der Waals surface area contributed by atoms with Crippen LogP contribution in [0, 0.1) is 40.4 Å². The van der Waals surface area contributed by atoms with E-state index in [9.17, 15) is 14.4 Å². The number of carboxylic acid groups (broad SMARTS) is 2. The predicted octanol–water partition coefficient (Wildman–Crippen LogP) is 4.16. The Morgan fingerprint density at radius 1 is 1.08 bits per heavy atom. The molecule has 0 radical (unpaired) electrons. The lowest BCUT2D eigenvalue weighted by Crippen LogP contribution is -2.57. The van der Waals surface area contributed by atoms with Crippen molar-refractivity contribution < 1.29 is 34.2 Å². The van der Waals surface area contributed by atoms with E-state index in [1.165, 1.54) is 25.0 Å². The second kappa shape index (κ2) is 13.2. The minimum Gasteiger partial charge on any atom is -0.478 e. The molecule has 0 heterocycles. The van der Waals surface area contributed by atoms with Gasteiger partial charge in [0.2, 0.25) is 0 Å². The minimum atomic E-state index is -1.26. The number of hydrogen-bond donors (Lipinski definition) is 3. The largest absolute Gasteiger partial charge is 0.478 e. The number of methoxy groups -OCH3 is 1. The van der Waals surface area contributed by atoms with E-state index >= 15 is 0 Å². The fourth-order valence-electron chi connectivity index (χ4n) is 8.15. The van der Waals surface area contributed by atoms with Crippen molar-refractivity contribution in [2.24, 2.45) is 45.6 Å². The molecule has 4 fully saturated rings. The highest BCUT2D eigenvalue weighted by Gasteiger charge is 2.61. The molecule has 9 nitrogen and oxygen atoms in total. The van der Waals surface area contributed by atoms with Gasteiger partial charge in [0, 0.05) is 37.7 Å². The van der Waals surface area contributed by atoms with Crippen molar-refractivity contribution in [3.63, 3.8) is 0 Å². The van der Waals surface area contributed by atoms with Gasteiger partial charge in [0.15, 0.2) is 0 Å². The maximum absolute atomic E-state index is 12.7. The van der Waals surface area contributed by atoms with Crippen LogP contribution in [-0.2, 0) is 24.0 Å². The molecule has 4 saturated carbocycles. The summed E-state index contributed by atoms with van der Waals surface area (Å²) in [7, 11) is 3.81. The summed E-state index contributed by atoms with van der Waals surface area (Å²) < 4.78 is 5.73. The fraction of sp³-hybridized carbons (Fsp3) is 0.793. The quantitative estimate of drug-likeness (QED) is 0.228. The Bertz CT molecular complexity index is 903. The summed E-state index contributed by atoms with van der Waals surface area (Å²) in [6, 6.07) is 0. The fourth-order valence-corrected chi connectivity index (χ4v) is 8.15. The Kier molecular flexibility index (Phi) is 10.5. The van der Waals surface area contributed by atoms with Crippen LogP contribution in [0.15, 0.2) is 17.3 Å². The Hall–Kier alpha value is -2.26. The molecule has 0 aliphatic heterocycles. The smallest absolute Gasteiger partial charge is 0.328 e. The molecule has 7 atom stereocenters. The first-order valence-electron chi connectivity index (χ1n) is 14.0. The maximum Gasteiger partial charge on any atom is 0.328 e. The third-order valence-corrected chi connectivity index (χ3v) is 10.00. The number of carbonyl (C=O) groups excluding carboxylic acids is 1. The van der Waals surface area contributed by atoms with Crippen molar-refractivity contribution in [2.45, 2.75) is 71.6 Å². The first kappa shape index (κ1) is 30.3. The van der Waals surface area contributed by atoms with Gasteiger partial charge in [-0.3, -0.25) is 4.79 Å². The zero-order chi connectivity index (χ0) is 27.9. The molecule has 38 heavy (non-hydrogen) atoms. The molecule has 0 amide bonds. The van der Waals surface area contributed by atoms with E-state index in [1.54, 1.807) is 0 Å². The third kappa shape index (κ3) is 6.65. The van der Waals surface area contributed by atoms with Gasteiger partial charge in [0.1, 0.15) is 12.4 Å². The molecule has 214 valence electrons. The molecule has 0 aromatic carbocycles. The normalized spacial score (nSPS) is 37.1. The average molecular weight is 535 g/mol. The van der Waals surface area contributed by atoms with E-state index in [-0.39, 0.29) is 5.41 Å². The number of fused-ring (bicyclic) bond motifs is 5. The second-order valence-electron chi connectivity index (χ2n) is 12.0. The van der Waals surface area contributed by atoms with Crippen LogP contribution in [0.3, 0.4) is 0 Å². The molecular weight excluding hydrogens is 488 g/mol. The van der Waals surface area contributed by atoms with Crippen molar-refractivity contribution in [3.8, 4) is 0 Å². The van der Waals surface area contributed by atoms with Gasteiger partial charge in [0.25, 0.3) is 0 Å². The Balaban J connectivity index is 0.000000436. The number of ketones is 1. The molecule has 3 N–H and O–H groups in total. The number of carbonyl (C=O) groups is 3. The summed E-state index contributed by atoms with van der Waals surface area (Å²) in [4.78, 5) is 37.5. The van der Waals surface area contributed by atoms with Gasteiger partial charge in [-0.25, -0.2) is 9.59 Å². The van der Waals surface area contributed by atoms with E-state index in [0.717, 1.165) is 57.6 Å². The maximum atomic E-state index is 12.7. The topological polar surface area (TPSA) is 135 Å². The van der Waals surface area contributed by atoms with Crippen molar-refractivity contribution in [1.29, 1.82) is 0 Å². The van der Waals surface area contributed by atoms with Crippen LogP contribution in [0.25, 0.3) is 0 Å². The number of nitrogens with zero attached hydrogens (tertiary/aromatic N) is 1. The highest BCUT2D eigenvalue weighted by atomic mass is 16.6. The van der Waals surface area contributed by atoms with E-state index in [2.05, 4.69) is 24.3 Å². The van der Waals surface area contributed by atoms with Gasteiger partial charge in [-0.1, -0.05) is 19.0 Å². The Morgan fingerprint density at radius 2 is 1.79 bits per heavy atom. The SMILES string of the molecule is CNCCCO/N=C1\CC[C@@]2(C)[C@H](C1)[C@@H](COC)C[C@@H]1[C@@H]2CC[C@]2(C)C(=O)CC[C@@H]12.O=C(O)/C=C/C(=O)O. The van der Waals surface area contributed by atoms with Gasteiger partial charge < -0.3 is 25.1 Å². The molecule has 0 saturated heterocycles. The number of aliphatic carboxylic acids is 2. The van der Waals surface area contributed by atoms with E-state index in [0.29, 0.717) is 53.6 Å². The van der Waals surface area contributed by atoms with Gasteiger partial charge in [0.05, 0.1) is 5.71 Å². The molecular formula is C29H46N2O7. The summed E-state index contributed by atoms with van der Waals surface area (Å²) >= 11 is 0. The van der Waals surface area contributed by atoms with E-state index < -0.39 is 11.9 Å². The molecule has 4 rings (SSSR count). The number of rotatable bonds is 9. The lowest BCUT2D eigenvalue weighted by atomic mass is 9.43. The lowest BCUT2D eigenvalue weighted by molar-refractivity contribution is -0.145. The number of oxime groups is 1. The second-order valence-corrected chi connectivity index (χ2v) is 12.0. The van der Waals surface area contributed by atoms with E-state index in [1.807, 2.05) is 14.2 Å². The van der Waals surface area contributed by atoms with Crippen LogP contribution < -0.4 is 5.32 Å². The van der Waals surface area contributed by atoms with Crippen molar-refractivity contribution >= 4 is 23.4 Å². The molecule has 0 spiro atoms. The lowest BCUT2D eigenvalue weighted by Gasteiger charge is -2.61. The Morgan fingerprint density at radius 3 is 2.42 bits per heavy atom. The highest BCUT2D eigenvalue weighted by Crippen LogP contribution is 2.66. The van der Waals surface area contributed by atoms with Crippen molar-refractivity contribution in [3.05, 3.63) is 12.2 Å². The van der Waals surface area contributed by atoms with Gasteiger partial charge in [-0.05, 0) is 100.0 Å². The summed E-state index contributed by atoms with van der Waals surface area (Å²) in [6.07, 6.45) is 10.9. The van der Waals surface area contributed by atoms with Crippen LogP contribution in [0.4, 0.5) is 0 Å². The first-order chi connectivity index (χ1) is 18.1. The number of ether oxygens (including phenoxy) is 1. The molecule has 4 aliphatic rings. The van der Waals surface area contributed by atoms with Crippen molar-refractivity contribution in [2.75, 3.05) is 33.9 Å². The predicted molar refractivity (Wildman–Crippen MR) is 144 cm³/mol. The third-order valence-electron chi connectivity index (χ3n) is 10.00. The number of hydrogen-bond acceptors (Lipinski definition) is 7. The molecule has 0 aromatic heterocycles. The monoisotopic (exact) mass is 534 g/mol. The molecule has 9 heteroatoms. The van der Waals surface area contributed by atoms with Crippen LogP contribution in [0.5, 0.6) is 0 Å². The zero-order valence-electron chi connectivity index (χ0n) is 23.4. The van der Waals surface area contributed by atoms with Crippen LogP contribution in [0.2, 0.25) is 0 Å². The van der Waals surface area contributed by atoms with Crippen LogP contribution in [-0.4, -0.2) is 67.6 Å². The number of Topliss-reactive ketones (excluding diaryl/α,β-unsaturated/α-hetero) is 1. The minimum absolute atomic E-state index is 0.0511. The van der Waals surface area contributed by atoms with Gasteiger partial charge in [-0.2, -0.15) is 0 Å². The van der Waals surface area contributed by atoms with Gasteiger partial charge in [-0.15, -0.1) is 0 Å². The van der Waals surface area contributed by atoms with Crippen LogP contribution in [0.1, 0.15) is 71.6 Å². The molecule has 4 aliphatic carbocycles. The molecule has 0 bridgehead atoms. The molecule has 0 unspecified atom stereocenters. The summed E-state index contributed by atoms with van der Waals surface area (Å²) in [5, 5.41) is 23.3. The summed E-state index contributed by atoms with van der Waals surface area (Å²) in [6.45, 7) is 7.32.